The first-order valence-corrected chi connectivity index (χ1v) is 9.78. The number of ether oxygens (including phenoxy) is 1. The number of aryl methyl sites for hydroxylation is 1. The van der Waals surface area contributed by atoms with Crippen LogP contribution in [0, 0.1) is 6.92 Å². The van der Waals surface area contributed by atoms with Crippen molar-refractivity contribution in [2.24, 2.45) is 0 Å². The topological polar surface area (TPSA) is 75.8 Å². The van der Waals surface area contributed by atoms with Gasteiger partial charge in [0.15, 0.2) is 12.5 Å². The van der Waals surface area contributed by atoms with Gasteiger partial charge in [-0.3, -0.25) is 9.69 Å². The van der Waals surface area contributed by atoms with E-state index in [0.717, 1.165) is 29.7 Å². The summed E-state index contributed by atoms with van der Waals surface area (Å²) in [4.78, 5) is 17.8. The van der Waals surface area contributed by atoms with Gasteiger partial charge >= 0.3 is 5.97 Å². The molecule has 6 nitrogen and oxygen atoms in total. The maximum absolute atomic E-state index is 11.5. The molecule has 0 saturated carbocycles. The summed E-state index contributed by atoms with van der Waals surface area (Å²) in [6.07, 6.45) is 4.23. The molecule has 0 radical (unpaired) electrons. The van der Waals surface area contributed by atoms with Crippen LogP contribution in [0.3, 0.4) is 0 Å². The van der Waals surface area contributed by atoms with E-state index >= 15 is 0 Å². The molecule has 0 bridgehead atoms. The third kappa shape index (κ3) is 4.32. The average Bonchev–Trinajstić information content (AvgIpc) is 3.39. The van der Waals surface area contributed by atoms with E-state index in [9.17, 15) is 9.90 Å². The molecule has 6 heteroatoms. The van der Waals surface area contributed by atoms with E-state index in [-0.39, 0.29) is 6.10 Å². The lowest BCUT2D eigenvalue weighted by Gasteiger charge is -2.22. The Hall–Kier alpha value is -3.12. The summed E-state index contributed by atoms with van der Waals surface area (Å²) in [6, 6.07) is 15.5. The lowest BCUT2D eigenvalue weighted by Crippen LogP contribution is -2.35. The lowest BCUT2D eigenvalue weighted by atomic mass is 10.0. The predicted octanol–water partition coefficient (Wildman–Crippen LogP) is 4.20. The van der Waals surface area contributed by atoms with Crippen LogP contribution in [0.1, 0.15) is 41.3 Å². The number of carboxylic acids is 1. The van der Waals surface area contributed by atoms with Crippen molar-refractivity contribution >= 4 is 5.97 Å². The van der Waals surface area contributed by atoms with Gasteiger partial charge in [0.1, 0.15) is 23.7 Å². The van der Waals surface area contributed by atoms with Crippen molar-refractivity contribution in [3.8, 4) is 5.75 Å². The number of carbonyl (C=O) groups is 1. The molecule has 1 N–H and O–H groups in total. The molecular formula is C23H24N2O4. The van der Waals surface area contributed by atoms with E-state index in [4.69, 9.17) is 9.15 Å². The summed E-state index contributed by atoms with van der Waals surface area (Å²) in [6.45, 7) is 3.43. The predicted molar refractivity (Wildman–Crippen MR) is 108 cm³/mol. The highest BCUT2D eigenvalue weighted by Gasteiger charge is 2.30. The maximum Gasteiger partial charge on any atom is 0.320 e. The zero-order valence-corrected chi connectivity index (χ0v) is 16.3. The van der Waals surface area contributed by atoms with Gasteiger partial charge in [0.25, 0.3) is 0 Å². The van der Waals surface area contributed by atoms with Crippen LogP contribution in [-0.4, -0.2) is 33.5 Å². The first-order chi connectivity index (χ1) is 14.1. The molecule has 4 rings (SSSR count). The van der Waals surface area contributed by atoms with Gasteiger partial charge in [-0.2, -0.15) is 0 Å². The van der Waals surface area contributed by atoms with Crippen LogP contribution in [0.5, 0.6) is 5.75 Å². The fraction of sp³-hybridized carbons (Fsp3) is 0.304. The first kappa shape index (κ1) is 19.2. The van der Waals surface area contributed by atoms with E-state index in [1.165, 1.54) is 6.39 Å². The standard InChI is InChI=1S/C23H24N2O4/c1-16-6-2-3-9-19(16)22(20-14-28-15-24-20)29-18-8-4-7-17(12-18)13-25-11-5-10-21(25)23(26)27/h2-4,6-9,12,14-15,21-22H,5,10-11,13H2,1H3,(H,26,27)/t21?,22-/m1/s1. The Morgan fingerprint density at radius 2 is 2.17 bits per heavy atom. The Balaban J connectivity index is 1.57. The number of hydrogen-bond donors (Lipinski definition) is 1. The van der Waals surface area contributed by atoms with Crippen LogP contribution < -0.4 is 4.74 Å². The third-order valence-corrected chi connectivity index (χ3v) is 5.38. The monoisotopic (exact) mass is 392 g/mol. The summed E-state index contributed by atoms with van der Waals surface area (Å²) in [5, 5.41) is 9.41. The zero-order chi connectivity index (χ0) is 20.2. The SMILES string of the molecule is Cc1ccccc1[C@@H](Oc1cccc(CN2CCCC2C(=O)O)c1)c1cocn1. The van der Waals surface area contributed by atoms with Gasteiger partial charge in [-0.05, 0) is 49.6 Å². The Morgan fingerprint density at radius 3 is 2.93 bits per heavy atom. The summed E-state index contributed by atoms with van der Waals surface area (Å²) in [7, 11) is 0. The Bertz CT molecular complexity index is 971. The fourth-order valence-electron chi connectivity index (χ4n) is 3.90. The van der Waals surface area contributed by atoms with Crippen molar-refractivity contribution in [1.82, 2.24) is 9.88 Å². The molecular weight excluding hydrogens is 368 g/mol. The number of aliphatic carboxylic acids is 1. The van der Waals surface area contributed by atoms with E-state index in [1.807, 2.05) is 60.4 Å². The van der Waals surface area contributed by atoms with Crippen molar-refractivity contribution in [2.75, 3.05) is 6.54 Å². The molecule has 1 aliphatic heterocycles. The highest BCUT2D eigenvalue weighted by molar-refractivity contribution is 5.73. The third-order valence-electron chi connectivity index (χ3n) is 5.38. The fourth-order valence-corrected chi connectivity index (χ4v) is 3.90. The molecule has 0 spiro atoms. The molecule has 2 heterocycles. The molecule has 2 atom stereocenters. The molecule has 0 aliphatic carbocycles. The van der Waals surface area contributed by atoms with Gasteiger partial charge in [-0.25, -0.2) is 4.98 Å². The van der Waals surface area contributed by atoms with Gasteiger partial charge in [0.05, 0.1) is 0 Å². The number of aromatic nitrogens is 1. The van der Waals surface area contributed by atoms with Crippen LogP contribution in [0.25, 0.3) is 0 Å². The Morgan fingerprint density at radius 1 is 1.31 bits per heavy atom. The van der Waals surface area contributed by atoms with Gasteiger partial charge in [0, 0.05) is 12.1 Å². The minimum Gasteiger partial charge on any atom is -0.480 e. The number of rotatable bonds is 7. The van der Waals surface area contributed by atoms with E-state index < -0.39 is 12.0 Å². The smallest absolute Gasteiger partial charge is 0.320 e. The van der Waals surface area contributed by atoms with Gasteiger partial charge in [-0.15, -0.1) is 0 Å². The van der Waals surface area contributed by atoms with Crippen molar-refractivity contribution in [3.05, 3.63) is 83.6 Å². The number of hydrogen-bond acceptors (Lipinski definition) is 5. The molecule has 2 aromatic carbocycles. The number of carboxylic acid groups (broad SMARTS) is 1. The summed E-state index contributed by atoms with van der Waals surface area (Å²) in [5.41, 5.74) is 3.87. The van der Waals surface area contributed by atoms with E-state index in [0.29, 0.717) is 24.4 Å². The number of oxazole rings is 1. The number of benzene rings is 2. The van der Waals surface area contributed by atoms with Crippen LogP contribution in [0.4, 0.5) is 0 Å². The zero-order valence-electron chi connectivity index (χ0n) is 16.3. The molecule has 1 aliphatic rings. The van der Waals surface area contributed by atoms with Crippen molar-refractivity contribution in [3.63, 3.8) is 0 Å². The number of nitrogens with zero attached hydrogens (tertiary/aromatic N) is 2. The maximum atomic E-state index is 11.5. The van der Waals surface area contributed by atoms with Crippen molar-refractivity contribution < 1.29 is 19.1 Å². The average molecular weight is 392 g/mol. The largest absolute Gasteiger partial charge is 0.480 e. The normalized spacial score (nSPS) is 17.9. The number of likely N-dealkylation sites (tertiary alicyclic amines) is 1. The van der Waals surface area contributed by atoms with Crippen LogP contribution in [0.2, 0.25) is 0 Å². The van der Waals surface area contributed by atoms with Crippen LogP contribution in [-0.2, 0) is 11.3 Å². The second kappa shape index (κ2) is 8.49. The van der Waals surface area contributed by atoms with Crippen LogP contribution >= 0.6 is 0 Å². The summed E-state index contributed by atoms with van der Waals surface area (Å²) in [5.74, 6) is -0.0367. The van der Waals surface area contributed by atoms with E-state index in [2.05, 4.69) is 4.98 Å². The molecule has 1 unspecified atom stereocenters. The molecule has 1 fully saturated rings. The molecule has 1 saturated heterocycles. The summed E-state index contributed by atoms with van der Waals surface area (Å²) < 4.78 is 11.5. The second-order valence-electron chi connectivity index (χ2n) is 7.38. The Kier molecular flexibility index (Phi) is 5.62. The Labute approximate surface area is 169 Å². The van der Waals surface area contributed by atoms with Gasteiger partial charge < -0.3 is 14.3 Å². The molecule has 1 aromatic heterocycles. The first-order valence-electron chi connectivity index (χ1n) is 9.78. The van der Waals surface area contributed by atoms with Crippen LogP contribution in [0.15, 0.2) is 65.6 Å². The summed E-state index contributed by atoms with van der Waals surface area (Å²) >= 11 is 0. The van der Waals surface area contributed by atoms with Crippen molar-refractivity contribution in [1.29, 1.82) is 0 Å². The quantitative estimate of drug-likeness (QED) is 0.649. The molecule has 3 aromatic rings. The molecule has 150 valence electrons. The molecule has 29 heavy (non-hydrogen) atoms. The molecule has 0 amide bonds. The minimum atomic E-state index is -0.749. The van der Waals surface area contributed by atoms with Gasteiger partial charge in [0.2, 0.25) is 0 Å². The lowest BCUT2D eigenvalue weighted by molar-refractivity contribution is -0.142. The van der Waals surface area contributed by atoms with Crippen molar-refractivity contribution in [2.45, 2.75) is 38.5 Å². The van der Waals surface area contributed by atoms with E-state index in [1.54, 1.807) is 6.26 Å². The highest BCUT2D eigenvalue weighted by Crippen LogP contribution is 2.30. The highest BCUT2D eigenvalue weighted by atomic mass is 16.5. The minimum absolute atomic E-state index is 0.385. The van der Waals surface area contributed by atoms with Gasteiger partial charge in [-0.1, -0.05) is 36.4 Å². The second-order valence-corrected chi connectivity index (χ2v) is 7.38.